The number of aromatic hydroxyl groups is 1. The highest BCUT2D eigenvalue weighted by Crippen LogP contribution is 2.66. The lowest BCUT2D eigenvalue weighted by atomic mass is 9.42. The number of hydrogen-bond donors (Lipinski definition) is 2. The number of fused-ring (bicyclic) bond motifs is 2. The third kappa shape index (κ3) is 4.40. The molecular formula is C34H42FN5O3. The van der Waals surface area contributed by atoms with Gasteiger partial charge in [-0.2, -0.15) is 9.97 Å². The van der Waals surface area contributed by atoms with Crippen molar-refractivity contribution < 1.29 is 19.3 Å². The molecule has 0 amide bonds. The molecule has 0 radical (unpaired) electrons. The third-order valence-corrected chi connectivity index (χ3v) is 11.6. The van der Waals surface area contributed by atoms with Crippen molar-refractivity contribution in [3.8, 4) is 23.0 Å². The summed E-state index contributed by atoms with van der Waals surface area (Å²) >= 11 is 0. The van der Waals surface area contributed by atoms with E-state index in [9.17, 15) is 10.2 Å². The van der Waals surface area contributed by atoms with E-state index in [1.807, 2.05) is 17.9 Å². The van der Waals surface area contributed by atoms with Gasteiger partial charge in [-0.05, 0) is 107 Å². The van der Waals surface area contributed by atoms with E-state index in [0.29, 0.717) is 48.9 Å². The Hall–Kier alpha value is -3.04. The molecule has 4 saturated carbocycles. The number of anilines is 1. The van der Waals surface area contributed by atoms with Gasteiger partial charge in [-0.1, -0.05) is 12.5 Å². The Morgan fingerprint density at radius 2 is 1.86 bits per heavy atom. The fourth-order valence-electron chi connectivity index (χ4n) is 9.30. The fraction of sp³-hybridized carbons (Fsp3) is 0.618. The summed E-state index contributed by atoms with van der Waals surface area (Å²) in [6, 6.07) is 5.94. The smallest absolute Gasteiger partial charge is 0.319 e. The zero-order valence-electron chi connectivity index (χ0n) is 25.3. The summed E-state index contributed by atoms with van der Waals surface area (Å²) in [6.07, 6.45) is 12.2. The molecule has 0 spiro atoms. The molecule has 2 saturated heterocycles. The number of aliphatic hydroxyl groups is 1. The van der Waals surface area contributed by atoms with E-state index < -0.39 is 11.4 Å². The van der Waals surface area contributed by atoms with Crippen LogP contribution in [0.25, 0.3) is 22.2 Å². The van der Waals surface area contributed by atoms with Gasteiger partial charge in [0.1, 0.15) is 22.8 Å². The predicted molar refractivity (Wildman–Crippen MR) is 163 cm³/mol. The zero-order valence-corrected chi connectivity index (χ0v) is 25.3. The van der Waals surface area contributed by atoms with Crippen molar-refractivity contribution >= 4 is 16.7 Å². The molecule has 228 valence electrons. The number of piperidine rings is 2. The van der Waals surface area contributed by atoms with Crippen LogP contribution < -0.4 is 9.64 Å². The molecule has 2 bridgehead atoms. The zero-order chi connectivity index (χ0) is 29.6. The van der Waals surface area contributed by atoms with E-state index in [1.54, 1.807) is 18.3 Å². The molecule has 9 rings (SSSR count). The number of rotatable bonds is 6. The summed E-state index contributed by atoms with van der Waals surface area (Å²) in [5.41, 5.74) is 1.32. The molecule has 3 atom stereocenters. The number of ether oxygens (including phenoxy) is 1. The first-order valence-electron chi connectivity index (χ1n) is 16.2. The summed E-state index contributed by atoms with van der Waals surface area (Å²) in [5.74, 6) is 0.880. The monoisotopic (exact) mass is 587 g/mol. The number of likely N-dealkylation sites (tertiary alicyclic amines) is 1. The van der Waals surface area contributed by atoms with Crippen LogP contribution in [0.2, 0.25) is 0 Å². The second-order valence-corrected chi connectivity index (χ2v) is 14.7. The number of aromatic nitrogens is 3. The van der Waals surface area contributed by atoms with Crippen molar-refractivity contribution in [2.75, 3.05) is 38.2 Å². The Labute approximate surface area is 252 Å². The number of halogens is 1. The molecule has 0 unspecified atom stereocenters. The standard InChI is InChI=1S/C34H42FN5O3/c1-32(42)9-4-13-40(19-32)30-24-18-36-28(23-14-22(41)7-8-25(23)34-15-21(16-34)17-34)27(35)29(24)37-31(38-30)43-20-33-10-3-6-26(33)39(2)12-5-11-33/h7-8,14,18,21,26,41-42H,3-6,9-13,15-17,19-20H2,1-2H3/t21?,26-,32-,33-,34?/m1/s1. The first-order valence-corrected chi connectivity index (χ1v) is 16.2. The van der Waals surface area contributed by atoms with Crippen molar-refractivity contribution in [3.05, 3.63) is 35.8 Å². The summed E-state index contributed by atoms with van der Waals surface area (Å²) in [4.78, 5) is 18.7. The Bertz CT molecular complexity index is 1580. The molecule has 2 aromatic heterocycles. The van der Waals surface area contributed by atoms with Gasteiger partial charge in [0.05, 0.1) is 17.6 Å². The largest absolute Gasteiger partial charge is 0.508 e. The highest BCUT2D eigenvalue weighted by Gasteiger charge is 2.58. The van der Waals surface area contributed by atoms with Gasteiger partial charge in [0.15, 0.2) is 5.82 Å². The fourth-order valence-corrected chi connectivity index (χ4v) is 9.30. The minimum atomic E-state index is -0.871. The molecule has 43 heavy (non-hydrogen) atoms. The van der Waals surface area contributed by atoms with Crippen molar-refractivity contribution in [1.82, 2.24) is 19.9 Å². The van der Waals surface area contributed by atoms with Gasteiger partial charge < -0.3 is 24.7 Å². The van der Waals surface area contributed by atoms with E-state index in [-0.39, 0.29) is 33.8 Å². The Kier molecular flexibility index (Phi) is 6.22. The van der Waals surface area contributed by atoms with Crippen LogP contribution in [0.1, 0.15) is 76.7 Å². The maximum atomic E-state index is 16.8. The molecule has 8 nitrogen and oxygen atoms in total. The number of pyridine rings is 1. The van der Waals surface area contributed by atoms with Crippen molar-refractivity contribution in [3.63, 3.8) is 0 Å². The van der Waals surface area contributed by atoms with Crippen molar-refractivity contribution in [1.29, 1.82) is 0 Å². The lowest BCUT2D eigenvalue weighted by Gasteiger charge is -2.62. The molecule has 4 aliphatic carbocycles. The van der Waals surface area contributed by atoms with Gasteiger partial charge in [0.2, 0.25) is 0 Å². The van der Waals surface area contributed by atoms with Crippen LogP contribution in [-0.2, 0) is 5.41 Å². The molecule has 9 heteroatoms. The topological polar surface area (TPSA) is 94.8 Å². The van der Waals surface area contributed by atoms with Gasteiger partial charge in [-0.25, -0.2) is 4.39 Å². The van der Waals surface area contributed by atoms with Crippen LogP contribution in [-0.4, -0.2) is 75.0 Å². The van der Waals surface area contributed by atoms with Crippen LogP contribution in [0, 0.1) is 17.2 Å². The van der Waals surface area contributed by atoms with Crippen LogP contribution >= 0.6 is 0 Å². The van der Waals surface area contributed by atoms with Crippen LogP contribution in [0.5, 0.6) is 11.8 Å². The number of nitrogens with zero attached hydrogens (tertiary/aromatic N) is 5. The maximum Gasteiger partial charge on any atom is 0.319 e. The van der Waals surface area contributed by atoms with E-state index in [0.717, 1.165) is 63.0 Å². The van der Waals surface area contributed by atoms with Crippen LogP contribution in [0.4, 0.5) is 10.2 Å². The normalized spacial score (nSPS) is 33.6. The molecule has 2 aliphatic heterocycles. The SMILES string of the molecule is CN1CCC[C@@]2(COc3nc(N4CCC[C@@](C)(O)C4)c4cnc(-c5cc(O)ccc5C56CC(C5)C6)c(F)c4n3)CCC[C@@H]12. The van der Waals surface area contributed by atoms with Gasteiger partial charge in [0, 0.05) is 36.3 Å². The number of β-amino-alcohol motifs (C(OH)–C–C–N with tert-alkyl or cyclic N) is 1. The van der Waals surface area contributed by atoms with Crippen molar-refractivity contribution in [2.24, 2.45) is 11.3 Å². The third-order valence-electron chi connectivity index (χ3n) is 11.6. The van der Waals surface area contributed by atoms with E-state index >= 15 is 4.39 Å². The van der Waals surface area contributed by atoms with Crippen LogP contribution in [0.15, 0.2) is 24.4 Å². The Balaban J connectivity index is 1.22. The molecule has 6 fully saturated rings. The Morgan fingerprint density at radius 1 is 1.07 bits per heavy atom. The number of benzene rings is 1. The van der Waals surface area contributed by atoms with Crippen LogP contribution in [0.3, 0.4) is 0 Å². The summed E-state index contributed by atoms with van der Waals surface area (Å²) in [5, 5.41) is 21.9. The quantitative estimate of drug-likeness (QED) is 0.386. The minimum Gasteiger partial charge on any atom is -0.508 e. The average Bonchev–Trinajstić information content (AvgIpc) is 3.36. The van der Waals surface area contributed by atoms with E-state index in [1.165, 1.54) is 12.8 Å². The maximum absolute atomic E-state index is 16.8. The summed E-state index contributed by atoms with van der Waals surface area (Å²) in [6.45, 7) is 4.54. The van der Waals surface area contributed by atoms with Gasteiger partial charge in [-0.15, -0.1) is 0 Å². The first-order chi connectivity index (χ1) is 20.7. The molecular weight excluding hydrogens is 545 g/mol. The number of hydrogen-bond acceptors (Lipinski definition) is 8. The second kappa shape index (κ2) is 9.73. The minimum absolute atomic E-state index is 0.0569. The molecule has 2 N–H and O–H groups in total. The van der Waals surface area contributed by atoms with E-state index in [2.05, 4.69) is 16.9 Å². The van der Waals surface area contributed by atoms with Gasteiger partial charge in [-0.3, -0.25) is 4.98 Å². The molecule has 3 aromatic rings. The highest BCUT2D eigenvalue weighted by molar-refractivity contribution is 5.92. The lowest BCUT2D eigenvalue weighted by molar-refractivity contribution is -0.0269. The first kappa shape index (κ1) is 27.5. The van der Waals surface area contributed by atoms with Gasteiger partial charge in [0.25, 0.3) is 0 Å². The predicted octanol–water partition coefficient (Wildman–Crippen LogP) is 5.58. The molecule has 1 aromatic carbocycles. The van der Waals surface area contributed by atoms with E-state index in [4.69, 9.17) is 14.7 Å². The van der Waals surface area contributed by atoms with Crippen molar-refractivity contribution in [2.45, 2.75) is 88.2 Å². The highest BCUT2D eigenvalue weighted by atomic mass is 19.1. The molecule has 4 heterocycles. The average molecular weight is 588 g/mol. The summed E-state index contributed by atoms with van der Waals surface area (Å²) in [7, 11) is 2.21. The number of phenolic OH excluding ortho intramolecular Hbond substituents is 1. The van der Waals surface area contributed by atoms with Gasteiger partial charge >= 0.3 is 6.01 Å². The summed E-state index contributed by atoms with van der Waals surface area (Å²) < 4.78 is 23.2. The molecule has 6 aliphatic rings. The number of phenols is 1. The second-order valence-electron chi connectivity index (χ2n) is 14.7. The Morgan fingerprint density at radius 3 is 2.63 bits per heavy atom. The lowest BCUT2D eigenvalue weighted by Crippen LogP contribution is -2.55.